The molecule has 0 radical (unpaired) electrons. The van der Waals surface area contributed by atoms with E-state index in [9.17, 15) is 19.2 Å². The first kappa shape index (κ1) is 28.6. The third-order valence-electron chi connectivity index (χ3n) is 10.6. The topological polar surface area (TPSA) is 80.8 Å². The van der Waals surface area contributed by atoms with E-state index in [1.807, 2.05) is 48.2 Å². The van der Waals surface area contributed by atoms with Gasteiger partial charge in [-0.05, 0) is 27.7 Å². The Bertz CT molecular complexity index is 1660. The molecule has 0 spiro atoms. The van der Waals surface area contributed by atoms with Gasteiger partial charge in [-0.15, -0.1) is 0 Å². The van der Waals surface area contributed by atoms with Crippen LogP contribution in [0.2, 0.25) is 0 Å². The van der Waals surface area contributed by atoms with Crippen molar-refractivity contribution in [2.75, 3.05) is 40.3 Å². The summed E-state index contributed by atoms with van der Waals surface area (Å²) in [6, 6.07) is 14.7. The molecule has 8 nitrogen and oxygen atoms in total. The van der Waals surface area contributed by atoms with Crippen LogP contribution in [-0.4, -0.2) is 106 Å². The Balaban J connectivity index is 1.01. The van der Waals surface area contributed by atoms with Crippen LogP contribution < -0.4 is 0 Å². The number of hydrogen-bond donors (Lipinski definition) is 0. The molecule has 2 saturated carbocycles. The number of rotatable bonds is 4. The molecule has 0 atom stereocenters. The van der Waals surface area contributed by atoms with Crippen molar-refractivity contribution in [1.82, 2.24) is 9.80 Å². The van der Waals surface area contributed by atoms with E-state index >= 15 is 0 Å². The molecule has 1 saturated heterocycles. The highest BCUT2D eigenvalue weighted by molar-refractivity contribution is 6.44. The number of benzene rings is 2. The third kappa shape index (κ3) is 3.83. The van der Waals surface area contributed by atoms with Gasteiger partial charge in [0.2, 0.25) is 11.4 Å². The number of hydrogen-bond acceptors (Lipinski definition) is 6. The number of Topliss-reactive ketones (excluding diaryl/α,β-unsaturated/α-hetero) is 4. The normalized spacial score (nSPS) is 26.1. The minimum atomic E-state index is -0.789. The van der Waals surface area contributed by atoms with Crippen LogP contribution in [0.1, 0.15) is 38.8 Å². The van der Waals surface area contributed by atoms with Crippen molar-refractivity contribution < 1.29 is 28.3 Å². The number of ketones is 4. The molecule has 3 aliphatic heterocycles. The summed E-state index contributed by atoms with van der Waals surface area (Å²) < 4.78 is 4.13. The van der Waals surface area contributed by atoms with E-state index in [0.717, 1.165) is 22.8 Å². The monoisotopic (exact) mass is 590 g/mol. The summed E-state index contributed by atoms with van der Waals surface area (Å²) in [5.41, 5.74) is 6.21. The second-order valence-electron chi connectivity index (χ2n) is 13.6. The first-order valence-corrected chi connectivity index (χ1v) is 15.4. The fourth-order valence-electron chi connectivity index (χ4n) is 7.91. The molecule has 0 aromatic heterocycles. The molecule has 224 valence electrons. The van der Waals surface area contributed by atoms with E-state index < -0.39 is 12.1 Å². The van der Waals surface area contributed by atoms with Gasteiger partial charge in [-0.2, -0.15) is 9.15 Å². The van der Waals surface area contributed by atoms with E-state index in [1.165, 1.54) is 11.1 Å². The number of carbonyl (C=O) groups is 4. The molecule has 44 heavy (non-hydrogen) atoms. The van der Waals surface area contributed by atoms with Gasteiger partial charge in [-0.25, -0.2) is 0 Å². The van der Waals surface area contributed by atoms with Gasteiger partial charge in [0.25, 0.3) is 0 Å². The molecular weight excluding hydrogens is 552 g/mol. The van der Waals surface area contributed by atoms with Crippen molar-refractivity contribution in [3.63, 3.8) is 0 Å². The third-order valence-corrected chi connectivity index (χ3v) is 10.6. The lowest BCUT2D eigenvalue weighted by atomic mass is 9.75. The molecule has 0 bridgehead atoms. The average Bonchev–Trinajstić information content (AvgIpc) is 3.33. The lowest BCUT2D eigenvalue weighted by Gasteiger charge is -2.45. The van der Waals surface area contributed by atoms with Crippen molar-refractivity contribution in [3.8, 4) is 0 Å². The second kappa shape index (κ2) is 9.68. The van der Waals surface area contributed by atoms with E-state index in [-0.39, 0.29) is 45.1 Å². The van der Waals surface area contributed by atoms with Crippen LogP contribution >= 0.6 is 0 Å². The standard InChI is InChI=1S/C36H38N4O4/c1-35(2)23-11-7-9-13-25(23)37(5)27(35)19-21-31(41)29(32(21)42)39-15-17-40(18-16-39)30-33(43)22(34(30)44)20-28-36(3,4)24-12-8-10-14-26(24)38(28)6/h7-14,19-20,29-30H,15-18H2,1-6H3/q+2. The van der Waals surface area contributed by atoms with Gasteiger partial charge in [0.1, 0.15) is 26.2 Å². The summed E-state index contributed by atoms with van der Waals surface area (Å²) in [4.78, 5) is 57.0. The number of para-hydroxylation sites is 2. The molecule has 2 aliphatic carbocycles. The molecule has 0 unspecified atom stereocenters. The highest BCUT2D eigenvalue weighted by atomic mass is 16.2. The summed E-state index contributed by atoms with van der Waals surface area (Å²) in [5, 5.41) is 0. The largest absolute Gasteiger partial charge is 0.292 e. The first-order valence-electron chi connectivity index (χ1n) is 15.4. The zero-order valence-corrected chi connectivity index (χ0v) is 26.2. The molecular formula is C36H38N4O4+2. The maximum atomic E-state index is 13.3. The molecule has 3 fully saturated rings. The van der Waals surface area contributed by atoms with Crippen LogP contribution in [0.15, 0.2) is 71.8 Å². The van der Waals surface area contributed by atoms with Gasteiger partial charge in [0.15, 0.2) is 34.6 Å². The second-order valence-corrected chi connectivity index (χ2v) is 13.6. The maximum Gasteiger partial charge on any atom is 0.209 e. The predicted molar refractivity (Wildman–Crippen MR) is 168 cm³/mol. The number of allylic oxidation sites excluding steroid dienone is 2. The van der Waals surface area contributed by atoms with E-state index in [1.54, 1.807) is 12.2 Å². The SMILES string of the molecule is C[N+]1=C(C=C2C(=O)C(N3CCN(C4C(=O)C(=CC5=[N+](C)c6ccccc6C5(C)C)C4=O)CC3)C2=O)C(C)(C)c2ccccc21. The highest BCUT2D eigenvalue weighted by Gasteiger charge is 2.54. The first-order chi connectivity index (χ1) is 20.9. The van der Waals surface area contributed by atoms with Crippen LogP contribution in [-0.2, 0) is 30.0 Å². The molecule has 2 aromatic rings. The predicted octanol–water partition coefficient (Wildman–Crippen LogP) is 2.91. The van der Waals surface area contributed by atoms with E-state index in [2.05, 4.69) is 61.1 Å². The fraction of sp³-hybridized carbons (Fsp3) is 0.389. The average molecular weight is 591 g/mol. The molecule has 2 aromatic carbocycles. The van der Waals surface area contributed by atoms with Crippen molar-refractivity contribution >= 4 is 45.9 Å². The van der Waals surface area contributed by atoms with Gasteiger partial charge < -0.3 is 0 Å². The molecule has 0 N–H and O–H groups in total. The van der Waals surface area contributed by atoms with Crippen LogP contribution in [0.3, 0.4) is 0 Å². The number of piperazine rings is 1. The number of carbonyl (C=O) groups excluding carboxylic acids is 4. The summed E-state index contributed by atoms with van der Waals surface area (Å²) >= 11 is 0. The molecule has 0 amide bonds. The fourth-order valence-corrected chi connectivity index (χ4v) is 7.91. The Labute approximate surface area is 257 Å². The van der Waals surface area contributed by atoms with Crippen molar-refractivity contribution in [1.29, 1.82) is 0 Å². The summed E-state index contributed by atoms with van der Waals surface area (Å²) in [7, 11) is 3.94. The minimum Gasteiger partial charge on any atom is -0.292 e. The Hall–Kier alpha value is -4.14. The van der Waals surface area contributed by atoms with Gasteiger partial charge in [0, 0.05) is 61.6 Å². The van der Waals surface area contributed by atoms with Crippen molar-refractivity contribution in [2.45, 2.75) is 50.6 Å². The van der Waals surface area contributed by atoms with Crippen LogP contribution in [0.5, 0.6) is 0 Å². The van der Waals surface area contributed by atoms with Crippen molar-refractivity contribution in [3.05, 3.63) is 83.0 Å². The molecule has 7 rings (SSSR count). The van der Waals surface area contributed by atoms with E-state index in [4.69, 9.17) is 0 Å². The quantitative estimate of drug-likeness (QED) is 0.236. The van der Waals surface area contributed by atoms with Crippen LogP contribution in [0.4, 0.5) is 11.4 Å². The number of fused-ring (bicyclic) bond motifs is 2. The Morgan fingerprint density at radius 3 is 1.23 bits per heavy atom. The Kier molecular flexibility index (Phi) is 6.30. The zero-order chi connectivity index (χ0) is 31.3. The number of nitrogens with zero attached hydrogens (tertiary/aromatic N) is 4. The molecule has 8 heteroatoms. The molecule has 3 heterocycles. The van der Waals surface area contributed by atoms with Gasteiger partial charge >= 0.3 is 0 Å². The van der Waals surface area contributed by atoms with Gasteiger partial charge in [-0.1, -0.05) is 36.4 Å². The van der Waals surface area contributed by atoms with Crippen molar-refractivity contribution in [2.24, 2.45) is 0 Å². The maximum absolute atomic E-state index is 13.3. The minimum absolute atomic E-state index is 0.154. The lowest BCUT2D eigenvalue weighted by Crippen LogP contribution is -2.66. The zero-order valence-electron chi connectivity index (χ0n) is 26.2. The molecule has 5 aliphatic rings. The van der Waals surface area contributed by atoms with Gasteiger partial charge in [0.05, 0.1) is 22.0 Å². The highest BCUT2D eigenvalue weighted by Crippen LogP contribution is 2.41. The Morgan fingerprint density at radius 1 is 0.591 bits per heavy atom. The summed E-state index contributed by atoms with van der Waals surface area (Å²) in [5.74, 6) is -0.617. The van der Waals surface area contributed by atoms with Crippen LogP contribution in [0, 0.1) is 0 Å². The summed E-state index contributed by atoms with van der Waals surface area (Å²) in [6.07, 6.45) is 3.55. The van der Waals surface area contributed by atoms with Gasteiger partial charge in [-0.3, -0.25) is 29.0 Å². The smallest absolute Gasteiger partial charge is 0.209 e. The summed E-state index contributed by atoms with van der Waals surface area (Å²) in [6.45, 7) is 10.2. The Morgan fingerprint density at radius 2 is 0.909 bits per heavy atom. The van der Waals surface area contributed by atoms with E-state index in [0.29, 0.717) is 26.2 Å². The lowest BCUT2D eigenvalue weighted by molar-refractivity contribution is -0.401. The van der Waals surface area contributed by atoms with Crippen LogP contribution in [0.25, 0.3) is 0 Å².